The fourth-order valence-electron chi connectivity index (χ4n) is 3.34. The molecule has 0 radical (unpaired) electrons. The van der Waals surface area contributed by atoms with E-state index in [-0.39, 0.29) is 11.8 Å². The van der Waals surface area contributed by atoms with Gasteiger partial charge in [-0.2, -0.15) is 4.98 Å². The molecule has 1 aliphatic heterocycles. The Kier molecular flexibility index (Phi) is 4.29. The van der Waals surface area contributed by atoms with E-state index in [0.29, 0.717) is 24.7 Å². The van der Waals surface area contributed by atoms with Crippen LogP contribution in [0.1, 0.15) is 36.2 Å². The maximum Gasteiger partial charge on any atom is 0.257 e. The van der Waals surface area contributed by atoms with Gasteiger partial charge in [-0.3, -0.25) is 4.79 Å². The minimum atomic E-state index is -0.0457. The lowest BCUT2D eigenvalue weighted by Gasteiger charge is -2.16. The van der Waals surface area contributed by atoms with Crippen molar-refractivity contribution in [2.45, 2.75) is 32.6 Å². The number of nitrogens with zero attached hydrogens (tertiary/aromatic N) is 3. The van der Waals surface area contributed by atoms with Crippen molar-refractivity contribution >= 4 is 11.6 Å². The third kappa shape index (κ3) is 3.12. The molecule has 1 saturated heterocycles. The van der Waals surface area contributed by atoms with Crippen LogP contribution >= 0.6 is 0 Å². The van der Waals surface area contributed by atoms with Gasteiger partial charge in [-0.25, -0.2) is 0 Å². The third-order valence-corrected chi connectivity index (χ3v) is 4.85. The van der Waals surface area contributed by atoms with Crippen LogP contribution in [0.5, 0.6) is 0 Å². The van der Waals surface area contributed by atoms with E-state index >= 15 is 0 Å². The summed E-state index contributed by atoms with van der Waals surface area (Å²) >= 11 is 0. The van der Waals surface area contributed by atoms with Crippen molar-refractivity contribution < 1.29 is 9.32 Å². The molecule has 26 heavy (non-hydrogen) atoms. The molecular weight excluding hydrogens is 326 g/mol. The summed E-state index contributed by atoms with van der Waals surface area (Å²) in [5.74, 6) is 1.15. The number of carbonyl (C=O) groups is 1. The Morgan fingerprint density at radius 3 is 2.73 bits per heavy atom. The van der Waals surface area contributed by atoms with Gasteiger partial charge in [0.15, 0.2) is 5.82 Å². The van der Waals surface area contributed by atoms with Crippen molar-refractivity contribution in [1.29, 1.82) is 0 Å². The molecule has 0 spiro atoms. The number of anilines is 1. The molecule has 1 atom stereocenters. The largest absolute Gasteiger partial charge is 0.334 e. The summed E-state index contributed by atoms with van der Waals surface area (Å²) in [5, 5.41) is 4.13. The summed E-state index contributed by atoms with van der Waals surface area (Å²) in [6.45, 7) is 4.73. The van der Waals surface area contributed by atoms with Crippen LogP contribution in [0.3, 0.4) is 0 Å². The van der Waals surface area contributed by atoms with E-state index in [1.807, 2.05) is 48.2 Å². The first kappa shape index (κ1) is 16.5. The Morgan fingerprint density at radius 1 is 1.19 bits per heavy atom. The molecule has 1 aromatic heterocycles. The van der Waals surface area contributed by atoms with Gasteiger partial charge in [0, 0.05) is 30.1 Å². The zero-order valence-corrected chi connectivity index (χ0v) is 15.0. The molecular formula is C21H21N3O2. The van der Waals surface area contributed by atoms with Crippen molar-refractivity contribution in [3.8, 4) is 11.5 Å². The Bertz CT molecular complexity index is 930. The van der Waals surface area contributed by atoms with Gasteiger partial charge in [0.25, 0.3) is 5.89 Å². The van der Waals surface area contributed by atoms with Crippen LogP contribution in [0.15, 0.2) is 53.1 Å². The summed E-state index contributed by atoms with van der Waals surface area (Å²) in [6.07, 6.45) is 1.39. The van der Waals surface area contributed by atoms with Crippen LogP contribution in [-0.4, -0.2) is 22.6 Å². The maximum absolute atomic E-state index is 12.5. The molecule has 3 aromatic rings. The lowest BCUT2D eigenvalue weighted by molar-refractivity contribution is -0.117. The van der Waals surface area contributed by atoms with Gasteiger partial charge in [0.1, 0.15) is 0 Å². The monoisotopic (exact) mass is 347 g/mol. The normalized spacial score (nSPS) is 17.1. The van der Waals surface area contributed by atoms with Gasteiger partial charge in [0.05, 0.1) is 0 Å². The SMILES string of the molecule is CCc1ccc(N2C[C@H](c3noc(-c4cccc(C)c4)n3)CC2=O)cc1. The fraction of sp³-hybridized carbons (Fsp3) is 0.286. The average Bonchev–Trinajstić information content (AvgIpc) is 3.29. The first-order chi connectivity index (χ1) is 12.6. The van der Waals surface area contributed by atoms with E-state index in [0.717, 1.165) is 23.2 Å². The maximum atomic E-state index is 12.5. The van der Waals surface area contributed by atoms with Crippen molar-refractivity contribution in [2.24, 2.45) is 0 Å². The molecule has 5 heteroatoms. The number of aromatic nitrogens is 2. The molecule has 4 rings (SSSR count). The van der Waals surface area contributed by atoms with Crippen LogP contribution in [0.4, 0.5) is 5.69 Å². The van der Waals surface area contributed by atoms with E-state index in [1.54, 1.807) is 0 Å². The van der Waals surface area contributed by atoms with Crippen molar-refractivity contribution in [3.05, 3.63) is 65.5 Å². The highest BCUT2D eigenvalue weighted by molar-refractivity contribution is 5.96. The highest BCUT2D eigenvalue weighted by Gasteiger charge is 2.34. The van der Waals surface area contributed by atoms with Crippen molar-refractivity contribution in [3.63, 3.8) is 0 Å². The van der Waals surface area contributed by atoms with Crippen LogP contribution in [0.25, 0.3) is 11.5 Å². The molecule has 1 fully saturated rings. The Balaban J connectivity index is 1.53. The molecule has 5 nitrogen and oxygen atoms in total. The van der Waals surface area contributed by atoms with Crippen molar-refractivity contribution in [1.82, 2.24) is 10.1 Å². The van der Waals surface area contributed by atoms with Gasteiger partial charge in [-0.05, 0) is 43.2 Å². The summed E-state index contributed by atoms with van der Waals surface area (Å²) in [4.78, 5) is 18.8. The number of amides is 1. The minimum absolute atomic E-state index is 0.0457. The number of hydrogen-bond donors (Lipinski definition) is 0. The number of aryl methyl sites for hydroxylation is 2. The number of hydrogen-bond acceptors (Lipinski definition) is 4. The second kappa shape index (κ2) is 6.75. The van der Waals surface area contributed by atoms with Gasteiger partial charge in [0.2, 0.25) is 5.91 Å². The summed E-state index contributed by atoms with van der Waals surface area (Å²) in [6, 6.07) is 16.1. The van der Waals surface area contributed by atoms with Crippen LogP contribution in [-0.2, 0) is 11.2 Å². The molecule has 0 saturated carbocycles. The molecule has 1 amide bonds. The third-order valence-electron chi connectivity index (χ3n) is 4.85. The topological polar surface area (TPSA) is 59.2 Å². The van der Waals surface area contributed by atoms with Crippen LogP contribution in [0, 0.1) is 6.92 Å². The quantitative estimate of drug-likeness (QED) is 0.712. The smallest absolute Gasteiger partial charge is 0.257 e. The van der Waals surface area contributed by atoms with Gasteiger partial charge in [-0.1, -0.05) is 41.9 Å². The zero-order valence-electron chi connectivity index (χ0n) is 15.0. The summed E-state index contributed by atoms with van der Waals surface area (Å²) in [5.41, 5.74) is 4.23. The lowest BCUT2D eigenvalue weighted by atomic mass is 10.1. The number of benzene rings is 2. The Hall–Kier alpha value is -2.95. The fourth-order valence-corrected chi connectivity index (χ4v) is 3.34. The van der Waals surface area contributed by atoms with E-state index in [1.165, 1.54) is 5.56 Å². The lowest BCUT2D eigenvalue weighted by Crippen LogP contribution is -2.24. The zero-order chi connectivity index (χ0) is 18.1. The molecule has 0 N–H and O–H groups in total. The summed E-state index contributed by atoms with van der Waals surface area (Å²) < 4.78 is 5.43. The van der Waals surface area contributed by atoms with E-state index in [9.17, 15) is 4.79 Å². The average molecular weight is 347 g/mol. The van der Waals surface area contributed by atoms with Crippen molar-refractivity contribution in [2.75, 3.05) is 11.4 Å². The van der Waals surface area contributed by atoms with Gasteiger partial charge in [-0.15, -0.1) is 0 Å². The highest BCUT2D eigenvalue weighted by Crippen LogP contribution is 2.31. The molecule has 132 valence electrons. The first-order valence-electron chi connectivity index (χ1n) is 8.94. The summed E-state index contributed by atoms with van der Waals surface area (Å²) in [7, 11) is 0. The number of carbonyl (C=O) groups excluding carboxylic acids is 1. The molecule has 2 aromatic carbocycles. The first-order valence-corrected chi connectivity index (χ1v) is 8.94. The van der Waals surface area contributed by atoms with E-state index in [2.05, 4.69) is 29.2 Å². The molecule has 0 aliphatic carbocycles. The highest BCUT2D eigenvalue weighted by atomic mass is 16.5. The Labute approximate surface area is 152 Å². The van der Waals surface area contributed by atoms with Gasteiger partial charge >= 0.3 is 0 Å². The predicted molar refractivity (Wildman–Crippen MR) is 100 cm³/mol. The second-order valence-corrected chi connectivity index (χ2v) is 6.75. The molecule has 0 bridgehead atoms. The minimum Gasteiger partial charge on any atom is -0.334 e. The van der Waals surface area contributed by atoms with E-state index in [4.69, 9.17) is 4.52 Å². The molecule has 0 unspecified atom stereocenters. The predicted octanol–water partition coefficient (Wildman–Crippen LogP) is 4.13. The molecule has 1 aliphatic rings. The van der Waals surface area contributed by atoms with Crippen LogP contribution in [0.2, 0.25) is 0 Å². The number of rotatable bonds is 4. The Morgan fingerprint density at radius 2 is 2.00 bits per heavy atom. The molecule has 2 heterocycles. The standard InChI is InChI=1S/C21H21N3O2/c1-3-15-7-9-18(10-8-15)24-13-17(12-19(24)25)20-22-21(26-23-20)16-6-4-5-14(2)11-16/h4-11,17H,3,12-13H2,1-2H3/t17-/m1/s1. The van der Waals surface area contributed by atoms with Gasteiger partial charge < -0.3 is 9.42 Å². The second-order valence-electron chi connectivity index (χ2n) is 6.75. The van der Waals surface area contributed by atoms with Crippen LogP contribution < -0.4 is 4.90 Å². The van der Waals surface area contributed by atoms with E-state index < -0.39 is 0 Å².